The van der Waals surface area contributed by atoms with Crippen LogP contribution in [-0.2, 0) is 19.1 Å². The molecule has 1 aliphatic heterocycles. The predicted octanol–water partition coefficient (Wildman–Crippen LogP) is 3.56. The number of carbonyl (C=O) groups excluding carboxylic acids is 4. The second-order valence-electron chi connectivity index (χ2n) is 9.27. The van der Waals surface area contributed by atoms with Crippen LogP contribution in [0.15, 0.2) is 66.7 Å². The zero-order chi connectivity index (χ0) is 29.2. The molecule has 10 nitrogen and oxygen atoms in total. The fourth-order valence-electron chi connectivity index (χ4n) is 4.30. The molecule has 1 unspecified atom stereocenters. The van der Waals surface area contributed by atoms with Crippen LogP contribution in [0.5, 0.6) is 0 Å². The Kier molecular flexibility index (Phi) is 10.1. The lowest BCUT2D eigenvalue weighted by molar-refractivity contribution is -0.144. The van der Waals surface area contributed by atoms with Crippen LogP contribution in [0, 0.1) is 5.82 Å². The van der Waals surface area contributed by atoms with Crippen LogP contribution in [0.4, 0.5) is 9.18 Å². The van der Waals surface area contributed by atoms with Crippen LogP contribution in [0.3, 0.4) is 0 Å². The monoisotopic (exact) mass is 562 g/mol. The Balaban J connectivity index is 1.61. The van der Waals surface area contributed by atoms with Crippen molar-refractivity contribution < 1.29 is 33.0 Å². The third-order valence-corrected chi connectivity index (χ3v) is 6.41. The summed E-state index contributed by atoms with van der Waals surface area (Å²) in [4.78, 5) is 56.8. The molecule has 0 spiro atoms. The zero-order valence-corrected chi connectivity index (χ0v) is 22.6. The molecule has 4 rings (SSSR count). The topological polar surface area (TPSA) is 127 Å². The molecule has 1 fully saturated rings. The Labute approximate surface area is 236 Å². The van der Waals surface area contributed by atoms with E-state index in [9.17, 15) is 23.6 Å². The summed E-state index contributed by atoms with van der Waals surface area (Å²) in [5, 5.41) is 5.65. The summed E-state index contributed by atoms with van der Waals surface area (Å²) in [6.45, 7) is 3.63. The summed E-state index contributed by atoms with van der Waals surface area (Å²) in [6.07, 6.45) is -1.21. The summed E-state index contributed by atoms with van der Waals surface area (Å²) in [6, 6.07) is 17.1. The molecule has 2 N–H and O–H groups in total. The van der Waals surface area contributed by atoms with E-state index in [2.05, 4.69) is 15.6 Å². The Hall–Kier alpha value is -4.64. The first-order valence-corrected chi connectivity index (χ1v) is 13.4. The standard InChI is InChI=1S/C30H31FN4O6/c1-2-40-27(36)13-12-24(29(38)41-30(39)35-16-14-32-15-17-35)34-28(37)26-19-21(20-8-4-3-5-9-20)18-25(33-26)22-10-6-7-11-23(22)31/h3-11,18-19,24,32H,2,12-17H2,1H3,(H,34,37). The number of ether oxygens (including phenoxy) is 2. The smallest absolute Gasteiger partial charge is 0.417 e. The molecule has 1 saturated heterocycles. The average Bonchev–Trinajstić information content (AvgIpc) is 3.00. The van der Waals surface area contributed by atoms with Crippen molar-refractivity contribution >= 4 is 23.9 Å². The van der Waals surface area contributed by atoms with Crippen LogP contribution < -0.4 is 10.6 Å². The van der Waals surface area contributed by atoms with E-state index in [0.29, 0.717) is 31.7 Å². The molecule has 0 aliphatic carbocycles. The van der Waals surface area contributed by atoms with Crippen LogP contribution in [-0.4, -0.2) is 72.7 Å². The second-order valence-corrected chi connectivity index (χ2v) is 9.27. The number of nitrogens with one attached hydrogen (secondary N) is 2. The molecule has 2 aromatic carbocycles. The van der Waals surface area contributed by atoms with Gasteiger partial charge >= 0.3 is 18.0 Å². The van der Waals surface area contributed by atoms with Gasteiger partial charge in [0.15, 0.2) is 0 Å². The van der Waals surface area contributed by atoms with E-state index >= 15 is 0 Å². The van der Waals surface area contributed by atoms with E-state index in [1.165, 1.54) is 17.0 Å². The summed E-state index contributed by atoms with van der Waals surface area (Å²) >= 11 is 0. The number of nitrogens with zero attached hydrogens (tertiary/aromatic N) is 2. The van der Waals surface area contributed by atoms with Gasteiger partial charge in [-0.3, -0.25) is 9.59 Å². The molecular weight excluding hydrogens is 531 g/mol. The molecule has 2 amide bonds. The van der Waals surface area contributed by atoms with Gasteiger partial charge in [-0.05, 0) is 48.7 Å². The van der Waals surface area contributed by atoms with Crippen molar-refractivity contribution in [2.45, 2.75) is 25.8 Å². The number of halogens is 1. The lowest BCUT2D eigenvalue weighted by atomic mass is 10.0. The highest BCUT2D eigenvalue weighted by molar-refractivity contribution is 5.98. The lowest BCUT2D eigenvalue weighted by Gasteiger charge is -2.26. The Morgan fingerprint density at radius 1 is 1.00 bits per heavy atom. The van der Waals surface area contributed by atoms with Gasteiger partial charge in [0.05, 0.1) is 12.3 Å². The van der Waals surface area contributed by atoms with E-state index in [0.717, 1.165) is 5.56 Å². The molecule has 11 heteroatoms. The maximum atomic E-state index is 14.7. The van der Waals surface area contributed by atoms with Crippen molar-refractivity contribution in [1.29, 1.82) is 0 Å². The van der Waals surface area contributed by atoms with E-state index in [-0.39, 0.29) is 36.4 Å². The van der Waals surface area contributed by atoms with Crippen LogP contribution in [0.2, 0.25) is 0 Å². The number of piperazine rings is 1. The number of aromatic nitrogens is 1. The third-order valence-electron chi connectivity index (χ3n) is 6.41. The number of esters is 2. The summed E-state index contributed by atoms with van der Waals surface area (Å²) < 4.78 is 24.7. The van der Waals surface area contributed by atoms with E-state index < -0.39 is 35.8 Å². The Morgan fingerprint density at radius 3 is 2.41 bits per heavy atom. The van der Waals surface area contributed by atoms with E-state index in [1.807, 2.05) is 30.3 Å². The highest BCUT2D eigenvalue weighted by atomic mass is 19.1. The molecule has 1 aromatic heterocycles. The summed E-state index contributed by atoms with van der Waals surface area (Å²) in [5.41, 5.74) is 1.69. The molecule has 214 valence electrons. The minimum Gasteiger partial charge on any atom is -0.466 e. The van der Waals surface area contributed by atoms with Gasteiger partial charge in [-0.2, -0.15) is 0 Å². The lowest BCUT2D eigenvalue weighted by Crippen LogP contribution is -2.49. The third kappa shape index (κ3) is 7.95. The van der Waals surface area contributed by atoms with E-state index in [4.69, 9.17) is 9.47 Å². The van der Waals surface area contributed by atoms with Crippen LogP contribution >= 0.6 is 0 Å². The molecule has 1 atom stereocenters. The van der Waals surface area contributed by atoms with Crippen LogP contribution in [0.25, 0.3) is 22.4 Å². The number of rotatable bonds is 9. The normalized spacial score (nSPS) is 13.7. The van der Waals surface area contributed by atoms with Crippen LogP contribution in [0.1, 0.15) is 30.3 Å². The number of benzene rings is 2. The number of pyridine rings is 1. The molecular formula is C30H31FN4O6. The van der Waals surface area contributed by atoms with Crippen molar-refractivity contribution in [1.82, 2.24) is 20.5 Å². The van der Waals surface area contributed by atoms with Crippen molar-refractivity contribution in [3.8, 4) is 22.4 Å². The predicted molar refractivity (Wildman–Crippen MR) is 148 cm³/mol. The van der Waals surface area contributed by atoms with Crippen molar-refractivity contribution in [2.24, 2.45) is 0 Å². The van der Waals surface area contributed by atoms with Gasteiger partial charge in [-0.15, -0.1) is 0 Å². The van der Waals surface area contributed by atoms with E-state index in [1.54, 1.807) is 31.2 Å². The maximum absolute atomic E-state index is 14.7. The molecule has 0 saturated carbocycles. The quantitative estimate of drug-likeness (QED) is 0.300. The van der Waals surface area contributed by atoms with Gasteiger partial charge in [0.25, 0.3) is 5.91 Å². The molecule has 1 aliphatic rings. The summed E-state index contributed by atoms with van der Waals surface area (Å²) in [5.74, 6) is -2.86. The van der Waals surface area contributed by atoms with Crippen molar-refractivity contribution in [3.63, 3.8) is 0 Å². The van der Waals surface area contributed by atoms with Gasteiger partial charge < -0.3 is 25.0 Å². The molecule has 0 bridgehead atoms. The van der Waals surface area contributed by atoms with Gasteiger partial charge in [0.1, 0.15) is 17.6 Å². The van der Waals surface area contributed by atoms with Gasteiger partial charge in [0.2, 0.25) is 0 Å². The Bertz CT molecular complexity index is 1390. The van der Waals surface area contributed by atoms with Gasteiger partial charge in [-0.1, -0.05) is 42.5 Å². The summed E-state index contributed by atoms with van der Waals surface area (Å²) in [7, 11) is 0. The highest BCUT2D eigenvalue weighted by Crippen LogP contribution is 2.27. The first kappa shape index (κ1) is 29.3. The Morgan fingerprint density at radius 2 is 1.71 bits per heavy atom. The molecule has 41 heavy (non-hydrogen) atoms. The minimum atomic E-state index is -1.35. The fraction of sp³-hybridized carbons (Fsp3) is 0.300. The molecule has 0 radical (unpaired) electrons. The maximum Gasteiger partial charge on any atom is 0.417 e. The first-order chi connectivity index (χ1) is 19.9. The highest BCUT2D eigenvalue weighted by Gasteiger charge is 2.29. The second kappa shape index (κ2) is 14.1. The minimum absolute atomic E-state index is 0.0908. The number of amides is 2. The van der Waals surface area contributed by atoms with Gasteiger partial charge in [0, 0.05) is 38.2 Å². The van der Waals surface area contributed by atoms with Crippen molar-refractivity contribution in [3.05, 3.63) is 78.2 Å². The number of hydrogen-bond donors (Lipinski definition) is 2. The first-order valence-electron chi connectivity index (χ1n) is 13.4. The molecule has 2 heterocycles. The largest absolute Gasteiger partial charge is 0.466 e. The fourth-order valence-corrected chi connectivity index (χ4v) is 4.30. The van der Waals surface area contributed by atoms with Gasteiger partial charge in [-0.25, -0.2) is 19.0 Å². The number of hydrogen-bond acceptors (Lipinski definition) is 8. The van der Waals surface area contributed by atoms with Crippen molar-refractivity contribution in [2.75, 3.05) is 32.8 Å². The number of carbonyl (C=O) groups is 4. The average molecular weight is 563 g/mol. The molecule has 3 aromatic rings. The zero-order valence-electron chi connectivity index (χ0n) is 22.6. The SMILES string of the molecule is CCOC(=O)CCC(NC(=O)c1cc(-c2ccccc2)cc(-c2ccccc2F)n1)C(=O)OC(=O)N1CCNCC1.